The van der Waals surface area contributed by atoms with E-state index >= 15 is 0 Å². The summed E-state index contributed by atoms with van der Waals surface area (Å²) in [5.74, 6) is -1.18. The molecule has 0 saturated carbocycles. The molecule has 0 fully saturated rings. The Morgan fingerprint density at radius 3 is 2.20 bits per heavy atom. The first kappa shape index (κ1) is 12.3. The number of carbonyl (C=O) groups is 2. The Labute approximate surface area is 114 Å². The first-order valence-corrected chi connectivity index (χ1v) is 6.07. The fourth-order valence-electron chi connectivity index (χ4n) is 2.15. The SMILES string of the molecule is O=C1NC(=O)c2ccccc2/C1=C\c1ccc(F)cc1. The van der Waals surface area contributed by atoms with Crippen molar-refractivity contribution < 1.29 is 14.0 Å². The van der Waals surface area contributed by atoms with Gasteiger partial charge in [0.25, 0.3) is 11.8 Å². The summed E-state index contributed by atoms with van der Waals surface area (Å²) in [6.07, 6.45) is 1.64. The predicted octanol–water partition coefficient (Wildman–Crippen LogP) is 2.64. The van der Waals surface area contributed by atoms with Crippen LogP contribution in [-0.4, -0.2) is 11.8 Å². The maximum atomic E-state index is 12.9. The molecule has 98 valence electrons. The number of halogens is 1. The maximum absolute atomic E-state index is 12.9. The third-order valence-electron chi connectivity index (χ3n) is 3.11. The van der Waals surface area contributed by atoms with Gasteiger partial charge in [0.1, 0.15) is 5.82 Å². The van der Waals surface area contributed by atoms with Gasteiger partial charge in [-0.25, -0.2) is 4.39 Å². The fraction of sp³-hybridized carbons (Fsp3) is 0. The molecule has 0 bridgehead atoms. The normalized spacial score (nSPS) is 15.9. The van der Waals surface area contributed by atoms with Crippen LogP contribution in [0.2, 0.25) is 0 Å². The van der Waals surface area contributed by atoms with E-state index in [2.05, 4.69) is 5.32 Å². The molecule has 0 aliphatic carbocycles. The van der Waals surface area contributed by atoms with Gasteiger partial charge in [-0.15, -0.1) is 0 Å². The monoisotopic (exact) mass is 267 g/mol. The largest absolute Gasteiger partial charge is 0.288 e. The van der Waals surface area contributed by atoms with E-state index in [9.17, 15) is 14.0 Å². The number of amides is 2. The van der Waals surface area contributed by atoms with Crippen LogP contribution < -0.4 is 5.32 Å². The Morgan fingerprint density at radius 1 is 0.850 bits per heavy atom. The molecule has 1 aliphatic heterocycles. The highest BCUT2D eigenvalue weighted by Gasteiger charge is 2.26. The minimum Gasteiger partial charge on any atom is -0.288 e. The van der Waals surface area contributed by atoms with E-state index < -0.39 is 11.8 Å². The molecule has 3 rings (SSSR count). The smallest absolute Gasteiger partial charge is 0.258 e. The summed E-state index contributed by atoms with van der Waals surface area (Å²) in [7, 11) is 0. The average Bonchev–Trinajstić information content (AvgIpc) is 2.45. The van der Waals surface area contributed by atoms with Crippen molar-refractivity contribution in [3.8, 4) is 0 Å². The van der Waals surface area contributed by atoms with Gasteiger partial charge in [0.05, 0.1) is 0 Å². The van der Waals surface area contributed by atoms with E-state index in [1.54, 1.807) is 42.5 Å². The van der Waals surface area contributed by atoms with Crippen molar-refractivity contribution in [2.45, 2.75) is 0 Å². The van der Waals surface area contributed by atoms with E-state index in [0.29, 0.717) is 22.3 Å². The maximum Gasteiger partial charge on any atom is 0.258 e. The van der Waals surface area contributed by atoms with Gasteiger partial charge >= 0.3 is 0 Å². The third kappa shape index (κ3) is 2.12. The molecule has 0 unspecified atom stereocenters. The Morgan fingerprint density at radius 2 is 1.50 bits per heavy atom. The zero-order chi connectivity index (χ0) is 14.1. The molecule has 2 aromatic rings. The van der Waals surface area contributed by atoms with E-state index in [1.807, 2.05) is 0 Å². The molecule has 0 spiro atoms. The van der Waals surface area contributed by atoms with Crippen LogP contribution in [0.1, 0.15) is 21.5 Å². The molecule has 3 nitrogen and oxygen atoms in total. The number of fused-ring (bicyclic) bond motifs is 1. The lowest BCUT2D eigenvalue weighted by molar-refractivity contribution is -0.114. The third-order valence-corrected chi connectivity index (χ3v) is 3.11. The van der Waals surface area contributed by atoms with Gasteiger partial charge in [0.15, 0.2) is 0 Å². The Bertz CT molecular complexity index is 732. The molecule has 0 radical (unpaired) electrons. The average molecular weight is 267 g/mol. The van der Waals surface area contributed by atoms with Crippen LogP contribution in [0.25, 0.3) is 11.6 Å². The van der Waals surface area contributed by atoms with Crippen molar-refractivity contribution in [1.82, 2.24) is 5.32 Å². The summed E-state index contributed by atoms with van der Waals surface area (Å²) in [6, 6.07) is 12.7. The summed E-state index contributed by atoms with van der Waals surface area (Å²) in [6.45, 7) is 0. The minimum absolute atomic E-state index is 0.337. The standard InChI is InChI=1S/C16H10FNO2/c17-11-7-5-10(6-8-11)9-14-12-3-1-2-4-13(12)15(19)18-16(14)20/h1-9H,(H,18,19,20)/b14-9+. The van der Waals surface area contributed by atoms with Gasteiger partial charge < -0.3 is 0 Å². The van der Waals surface area contributed by atoms with Crippen molar-refractivity contribution in [2.75, 3.05) is 0 Å². The lowest BCUT2D eigenvalue weighted by atomic mass is 9.93. The summed E-state index contributed by atoms with van der Waals surface area (Å²) < 4.78 is 12.9. The lowest BCUT2D eigenvalue weighted by Gasteiger charge is -2.17. The van der Waals surface area contributed by atoms with Crippen LogP contribution in [0.5, 0.6) is 0 Å². The molecular weight excluding hydrogens is 257 g/mol. The second-order valence-electron chi connectivity index (χ2n) is 4.44. The minimum atomic E-state index is -0.446. The first-order valence-electron chi connectivity index (χ1n) is 6.07. The second-order valence-corrected chi connectivity index (χ2v) is 4.44. The molecule has 4 heteroatoms. The zero-order valence-electron chi connectivity index (χ0n) is 10.4. The Balaban J connectivity index is 2.13. The van der Waals surface area contributed by atoms with Gasteiger partial charge in [0.2, 0.25) is 0 Å². The van der Waals surface area contributed by atoms with E-state index in [4.69, 9.17) is 0 Å². The number of imide groups is 1. The van der Waals surface area contributed by atoms with Gasteiger partial charge in [-0.2, -0.15) is 0 Å². The Kier molecular flexibility index (Phi) is 2.91. The number of hydrogen-bond acceptors (Lipinski definition) is 2. The van der Waals surface area contributed by atoms with Gasteiger partial charge in [-0.05, 0) is 35.4 Å². The summed E-state index contributed by atoms with van der Waals surface area (Å²) in [5, 5.41) is 2.30. The molecule has 1 aliphatic rings. The molecule has 2 amide bonds. The van der Waals surface area contributed by atoms with Crippen LogP contribution >= 0.6 is 0 Å². The molecule has 2 aromatic carbocycles. The Hall–Kier alpha value is -2.75. The van der Waals surface area contributed by atoms with Gasteiger partial charge in [-0.1, -0.05) is 30.3 Å². The quantitative estimate of drug-likeness (QED) is 0.637. The summed E-state index contributed by atoms with van der Waals surface area (Å²) in [5.41, 5.74) is 2.14. The molecule has 0 aromatic heterocycles. The van der Waals surface area contributed by atoms with Crippen molar-refractivity contribution >= 4 is 23.5 Å². The number of benzene rings is 2. The van der Waals surface area contributed by atoms with E-state index in [1.165, 1.54) is 12.1 Å². The van der Waals surface area contributed by atoms with Gasteiger partial charge in [0, 0.05) is 11.1 Å². The van der Waals surface area contributed by atoms with Crippen LogP contribution in [-0.2, 0) is 4.79 Å². The molecule has 0 atom stereocenters. The number of nitrogens with one attached hydrogen (secondary N) is 1. The summed E-state index contributed by atoms with van der Waals surface area (Å²) >= 11 is 0. The molecule has 20 heavy (non-hydrogen) atoms. The van der Waals surface area contributed by atoms with Gasteiger partial charge in [-0.3, -0.25) is 14.9 Å². The fourth-order valence-corrected chi connectivity index (χ4v) is 2.15. The highest BCUT2D eigenvalue weighted by Crippen LogP contribution is 2.25. The van der Waals surface area contributed by atoms with Crippen LogP contribution in [0, 0.1) is 5.82 Å². The van der Waals surface area contributed by atoms with Crippen molar-refractivity contribution in [1.29, 1.82) is 0 Å². The van der Waals surface area contributed by atoms with E-state index in [0.717, 1.165) is 0 Å². The highest BCUT2D eigenvalue weighted by molar-refractivity contribution is 6.33. The zero-order valence-corrected chi connectivity index (χ0v) is 10.4. The molecule has 0 saturated heterocycles. The van der Waals surface area contributed by atoms with Crippen molar-refractivity contribution in [2.24, 2.45) is 0 Å². The molecule has 1 N–H and O–H groups in total. The van der Waals surface area contributed by atoms with Crippen molar-refractivity contribution in [3.05, 3.63) is 71.0 Å². The number of rotatable bonds is 1. The second kappa shape index (κ2) is 4.74. The van der Waals surface area contributed by atoms with Crippen LogP contribution in [0.3, 0.4) is 0 Å². The number of hydrogen-bond donors (Lipinski definition) is 1. The first-order chi connectivity index (χ1) is 9.65. The molecular formula is C16H10FNO2. The predicted molar refractivity (Wildman–Crippen MR) is 73.2 cm³/mol. The topological polar surface area (TPSA) is 46.2 Å². The summed E-state index contributed by atoms with van der Waals surface area (Å²) in [4.78, 5) is 23.7. The lowest BCUT2D eigenvalue weighted by Crippen LogP contribution is -2.36. The van der Waals surface area contributed by atoms with Crippen LogP contribution in [0.15, 0.2) is 48.5 Å². The van der Waals surface area contributed by atoms with Crippen molar-refractivity contribution in [3.63, 3.8) is 0 Å². The van der Waals surface area contributed by atoms with Crippen LogP contribution in [0.4, 0.5) is 4.39 Å². The highest BCUT2D eigenvalue weighted by atomic mass is 19.1. The number of carbonyl (C=O) groups excluding carboxylic acids is 2. The van der Waals surface area contributed by atoms with E-state index in [-0.39, 0.29) is 5.82 Å². The molecule has 1 heterocycles.